The molecule has 102 valence electrons. The van der Waals surface area contributed by atoms with Crippen molar-refractivity contribution in [1.82, 2.24) is 10.7 Å². The Labute approximate surface area is 106 Å². The van der Waals surface area contributed by atoms with Crippen LogP contribution in [0.2, 0.25) is 0 Å². The zero-order valence-corrected chi connectivity index (χ0v) is 11.9. The molecule has 0 aliphatic carbocycles. The molecule has 17 heavy (non-hydrogen) atoms. The third kappa shape index (κ3) is 8.98. The molecule has 1 unspecified atom stereocenters. The van der Waals surface area contributed by atoms with Crippen molar-refractivity contribution in [1.29, 1.82) is 0 Å². The summed E-state index contributed by atoms with van der Waals surface area (Å²) in [5, 5.41) is 3.41. The first-order valence-corrected chi connectivity index (χ1v) is 6.91. The van der Waals surface area contributed by atoms with Crippen LogP contribution in [0, 0.1) is 5.92 Å². The van der Waals surface area contributed by atoms with Gasteiger partial charge in [-0.1, -0.05) is 47.0 Å². The van der Waals surface area contributed by atoms with E-state index >= 15 is 0 Å². The molecule has 0 heterocycles. The lowest BCUT2D eigenvalue weighted by molar-refractivity contribution is 0.487. The summed E-state index contributed by atoms with van der Waals surface area (Å²) >= 11 is 0. The van der Waals surface area contributed by atoms with E-state index in [9.17, 15) is 0 Å². The number of hydrogen-bond donors (Lipinski definition) is 3. The highest BCUT2D eigenvalue weighted by molar-refractivity contribution is 5.79. The van der Waals surface area contributed by atoms with E-state index in [0.29, 0.717) is 12.0 Å². The number of nitrogens with two attached hydrogens (primary N) is 1. The van der Waals surface area contributed by atoms with Crippen molar-refractivity contribution < 1.29 is 0 Å². The Kier molecular flexibility index (Phi) is 9.92. The third-order valence-corrected chi connectivity index (χ3v) is 2.64. The molecule has 4 nitrogen and oxygen atoms in total. The predicted octanol–water partition coefficient (Wildman–Crippen LogP) is 2.41. The van der Waals surface area contributed by atoms with Crippen molar-refractivity contribution in [2.75, 3.05) is 6.54 Å². The van der Waals surface area contributed by atoms with E-state index in [1.165, 1.54) is 32.1 Å². The lowest BCUT2D eigenvalue weighted by Gasteiger charge is -2.20. The second-order valence-electron chi connectivity index (χ2n) is 5.00. The molecular formula is C13H30N4. The topological polar surface area (TPSA) is 62.4 Å². The Morgan fingerprint density at radius 2 is 1.88 bits per heavy atom. The van der Waals surface area contributed by atoms with Crippen molar-refractivity contribution in [3.63, 3.8) is 0 Å². The predicted molar refractivity (Wildman–Crippen MR) is 75.8 cm³/mol. The van der Waals surface area contributed by atoms with Crippen molar-refractivity contribution in [3.8, 4) is 0 Å². The van der Waals surface area contributed by atoms with Gasteiger partial charge in [0.25, 0.3) is 0 Å². The molecule has 0 spiro atoms. The van der Waals surface area contributed by atoms with E-state index < -0.39 is 0 Å². The first-order chi connectivity index (χ1) is 8.13. The number of aliphatic imine (C=N–C) groups is 1. The van der Waals surface area contributed by atoms with E-state index in [1.54, 1.807) is 0 Å². The van der Waals surface area contributed by atoms with E-state index in [-0.39, 0.29) is 0 Å². The van der Waals surface area contributed by atoms with Gasteiger partial charge in [0, 0.05) is 12.6 Å². The van der Waals surface area contributed by atoms with E-state index in [2.05, 4.69) is 43.4 Å². The largest absolute Gasteiger partial charge is 0.353 e. The molecule has 0 saturated carbocycles. The standard InChI is InChI=1S/C13H30N4/c1-5-7-9-12(8-6-2)16-13(17-14)15-10-11(3)4/h11-12H,5-10,14H2,1-4H3,(H2,15,16,17). The van der Waals surface area contributed by atoms with Gasteiger partial charge < -0.3 is 5.32 Å². The summed E-state index contributed by atoms with van der Waals surface area (Å²) in [6.07, 6.45) is 6.02. The highest BCUT2D eigenvalue weighted by atomic mass is 15.3. The number of guanidine groups is 1. The molecule has 0 bridgehead atoms. The highest BCUT2D eigenvalue weighted by Gasteiger charge is 2.08. The summed E-state index contributed by atoms with van der Waals surface area (Å²) in [6.45, 7) is 9.54. The van der Waals surface area contributed by atoms with Gasteiger partial charge in [0.15, 0.2) is 0 Å². The zero-order chi connectivity index (χ0) is 13.1. The number of hydrazine groups is 1. The van der Waals surface area contributed by atoms with Crippen LogP contribution in [0.1, 0.15) is 59.8 Å². The maximum atomic E-state index is 5.49. The molecule has 4 N–H and O–H groups in total. The quantitative estimate of drug-likeness (QED) is 0.265. The normalized spacial score (nSPS) is 13.9. The number of rotatable bonds is 8. The molecule has 0 saturated heterocycles. The van der Waals surface area contributed by atoms with Gasteiger partial charge in [0.05, 0.1) is 0 Å². The minimum absolute atomic E-state index is 0.488. The number of unbranched alkanes of at least 4 members (excludes halogenated alkanes) is 1. The monoisotopic (exact) mass is 242 g/mol. The van der Waals surface area contributed by atoms with Crippen LogP contribution in [0.4, 0.5) is 0 Å². The second kappa shape index (κ2) is 10.4. The lowest BCUT2D eigenvalue weighted by atomic mass is 10.1. The fraction of sp³-hybridized carbons (Fsp3) is 0.923. The van der Waals surface area contributed by atoms with Crippen LogP contribution in [-0.4, -0.2) is 18.5 Å². The molecule has 1 atom stereocenters. The van der Waals surface area contributed by atoms with Gasteiger partial charge >= 0.3 is 0 Å². The fourth-order valence-corrected chi connectivity index (χ4v) is 1.69. The average molecular weight is 242 g/mol. The molecular weight excluding hydrogens is 212 g/mol. The summed E-state index contributed by atoms with van der Waals surface area (Å²) in [4.78, 5) is 4.44. The van der Waals surface area contributed by atoms with Crippen LogP contribution >= 0.6 is 0 Å². The Bertz CT molecular complexity index is 202. The molecule has 0 aromatic rings. The van der Waals surface area contributed by atoms with Crippen LogP contribution in [0.3, 0.4) is 0 Å². The van der Waals surface area contributed by atoms with Gasteiger partial charge in [-0.2, -0.15) is 0 Å². The van der Waals surface area contributed by atoms with Gasteiger partial charge in [0.2, 0.25) is 5.96 Å². The summed E-state index contributed by atoms with van der Waals surface area (Å²) < 4.78 is 0. The molecule has 0 amide bonds. The minimum atomic E-state index is 0.488. The van der Waals surface area contributed by atoms with Gasteiger partial charge in [-0.3, -0.25) is 10.4 Å². The Morgan fingerprint density at radius 3 is 2.35 bits per heavy atom. The zero-order valence-electron chi connectivity index (χ0n) is 11.9. The first-order valence-electron chi connectivity index (χ1n) is 6.91. The maximum Gasteiger partial charge on any atom is 0.205 e. The van der Waals surface area contributed by atoms with Crippen LogP contribution < -0.4 is 16.6 Å². The first kappa shape index (κ1) is 16.2. The van der Waals surface area contributed by atoms with Crippen molar-refractivity contribution in [3.05, 3.63) is 0 Å². The van der Waals surface area contributed by atoms with E-state index in [1.807, 2.05) is 0 Å². The summed E-state index contributed by atoms with van der Waals surface area (Å²) in [7, 11) is 0. The van der Waals surface area contributed by atoms with Crippen LogP contribution in [-0.2, 0) is 0 Å². The van der Waals surface area contributed by atoms with Crippen molar-refractivity contribution in [2.24, 2.45) is 16.8 Å². The molecule has 0 aliphatic rings. The molecule has 0 fully saturated rings. The third-order valence-electron chi connectivity index (χ3n) is 2.64. The van der Waals surface area contributed by atoms with Crippen LogP contribution in [0.15, 0.2) is 4.99 Å². The second-order valence-corrected chi connectivity index (χ2v) is 5.00. The molecule has 0 aliphatic heterocycles. The van der Waals surface area contributed by atoms with Crippen molar-refractivity contribution >= 4 is 5.96 Å². The lowest BCUT2D eigenvalue weighted by Crippen LogP contribution is -2.46. The summed E-state index contributed by atoms with van der Waals surface area (Å²) in [5.41, 5.74) is 2.66. The van der Waals surface area contributed by atoms with Crippen LogP contribution in [0.5, 0.6) is 0 Å². The van der Waals surface area contributed by atoms with Gasteiger partial charge in [-0.25, -0.2) is 5.84 Å². The molecule has 0 rings (SSSR count). The Hall–Kier alpha value is -0.770. The maximum absolute atomic E-state index is 5.49. The Balaban J connectivity index is 4.21. The fourth-order valence-electron chi connectivity index (χ4n) is 1.69. The highest BCUT2D eigenvalue weighted by Crippen LogP contribution is 2.06. The van der Waals surface area contributed by atoms with Gasteiger partial charge in [-0.05, 0) is 18.8 Å². The SMILES string of the molecule is CCCCC(CCC)NC(=NCC(C)C)NN. The average Bonchev–Trinajstić information content (AvgIpc) is 2.31. The van der Waals surface area contributed by atoms with Gasteiger partial charge in [-0.15, -0.1) is 0 Å². The van der Waals surface area contributed by atoms with E-state index in [0.717, 1.165) is 12.5 Å². The minimum Gasteiger partial charge on any atom is -0.353 e. The van der Waals surface area contributed by atoms with Gasteiger partial charge in [0.1, 0.15) is 0 Å². The van der Waals surface area contributed by atoms with E-state index in [4.69, 9.17) is 5.84 Å². The molecule has 0 aromatic carbocycles. The summed E-state index contributed by atoms with van der Waals surface area (Å²) in [6, 6.07) is 0.488. The molecule has 4 heteroatoms. The summed E-state index contributed by atoms with van der Waals surface area (Å²) in [5.74, 6) is 6.77. The molecule has 0 radical (unpaired) electrons. The van der Waals surface area contributed by atoms with Crippen molar-refractivity contribution in [2.45, 2.75) is 65.8 Å². The number of nitrogens with one attached hydrogen (secondary N) is 2. The number of hydrogen-bond acceptors (Lipinski definition) is 2. The Morgan fingerprint density at radius 1 is 1.18 bits per heavy atom. The smallest absolute Gasteiger partial charge is 0.205 e. The number of nitrogens with zero attached hydrogens (tertiary/aromatic N) is 1. The van der Waals surface area contributed by atoms with Crippen LogP contribution in [0.25, 0.3) is 0 Å². The molecule has 0 aromatic heterocycles.